The summed E-state index contributed by atoms with van der Waals surface area (Å²) in [6.45, 7) is 10.3. The summed E-state index contributed by atoms with van der Waals surface area (Å²) in [6.07, 6.45) is 4.05. The van der Waals surface area contributed by atoms with Crippen LogP contribution in [0, 0.1) is 44.9 Å². The van der Waals surface area contributed by atoms with Crippen LogP contribution in [0.4, 0.5) is 5.69 Å². The summed E-state index contributed by atoms with van der Waals surface area (Å²) in [5.74, 6) is 1.06. The number of fused-ring (bicyclic) bond motifs is 1. The molecule has 0 N–H and O–H groups in total. The maximum atomic E-state index is 9.24. The first-order valence-electron chi connectivity index (χ1n) is 10.2. The Balaban J connectivity index is 1.88. The van der Waals surface area contributed by atoms with Crippen molar-refractivity contribution >= 4 is 16.7 Å². The quantitative estimate of drug-likeness (QED) is 0.633. The number of methoxy groups -OCH3 is 1. The van der Waals surface area contributed by atoms with Crippen LogP contribution in [-0.2, 0) is 0 Å². The molecular formula is C24H28N4O. The zero-order valence-electron chi connectivity index (χ0n) is 17.9. The van der Waals surface area contributed by atoms with Crippen LogP contribution in [0.15, 0.2) is 24.4 Å². The lowest BCUT2D eigenvalue weighted by atomic mass is 9.97. The molecule has 1 aliphatic rings. The van der Waals surface area contributed by atoms with Crippen LogP contribution in [0.25, 0.3) is 16.7 Å². The molecule has 5 heteroatoms. The Morgan fingerprint density at radius 3 is 2.28 bits per heavy atom. The lowest BCUT2D eigenvalue weighted by molar-refractivity contribution is 0.414. The molecule has 4 rings (SSSR count). The predicted octanol–water partition coefficient (Wildman–Crippen LogP) is 5.01. The molecule has 3 heterocycles. The van der Waals surface area contributed by atoms with Gasteiger partial charge in [-0.05, 0) is 75.4 Å². The molecule has 0 amide bonds. The number of aryl methyl sites for hydroxylation is 4. The summed E-state index contributed by atoms with van der Waals surface area (Å²) < 4.78 is 7.67. The molecule has 1 saturated heterocycles. The van der Waals surface area contributed by atoms with E-state index in [1.165, 1.54) is 27.8 Å². The maximum Gasteiger partial charge on any atom is 0.147 e. The Hall–Kier alpha value is -3.00. The van der Waals surface area contributed by atoms with Crippen LogP contribution in [0.1, 0.15) is 35.2 Å². The van der Waals surface area contributed by atoms with Crippen LogP contribution < -0.4 is 9.64 Å². The van der Waals surface area contributed by atoms with Gasteiger partial charge in [0, 0.05) is 42.0 Å². The number of rotatable bonds is 3. The standard InChI is InChI=1S/C24H28N4O/c1-15-10-20(29-5)11-16(2)23(15)28-14-17(3)22-21(12-18(4)26-24(22)28)27-8-6-19(13-25)7-9-27/h10-12,14,19H,6-9H2,1-5H3. The van der Waals surface area contributed by atoms with Gasteiger partial charge in [0.2, 0.25) is 0 Å². The minimum atomic E-state index is 0.181. The SMILES string of the molecule is COc1cc(C)c(-n2cc(C)c3c(N4CCC(C#N)CC4)cc(C)nc32)c(C)c1. The van der Waals surface area contributed by atoms with Crippen molar-refractivity contribution in [3.05, 3.63) is 46.8 Å². The Bertz CT molecular complexity index is 1090. The summed E-state index contributed by atoms with van der Waals surface area (Å²) in [6, 6.07) is 8.78. The van der Waals surface area contributed by atoms with E-state index in [-0.39, 0.29) is 5.92 Å². The van der Waals surface area contributed by atoms with Gasteiger partial charge in [0.05, 0.1) is 18.9 Å². The number of nitrogens with zero attached hydrogens (tertiary/aromatic N) is 4. The molecule has 5 nitrogen and oxygen atoms in total. The average Bonchev–Trinajstić information content (AvgIpc) is 3.02. The van der Waals surface area contributed by atoms with E-state index < -0.39 is 0 Å². The highest BCUT2D eigenvalue weighted by Crippen LogP contribution is 2.36. The summed E-state index contributed by atoms with van der Waals surface area (Å²) in [5, 5.41) is 10.4. The first kappa shape index (κ1) is 19.3. The van der Waals surface area contributed by atoms with Gasteiger partial charge in [-0.2, -0.15) is 5.26 Å². The first-order valence-corrected chi connectivity index (χ1v) is 10.2. The fraction of sp³-hybridized carbons (Fsp3) is 0.417. The number of anilines is 1. The minimum absolute atomic E-state index is 0.181. The lowest BCUT2D eigenvalue weighted by Gasteiger charge is -2.32. The van der Waals surface area contributed by atoms with Crippen molar-refractivity contribution in [2.24, 2.45) is 5.92 Å². The van der Waals surface area contributed by atoms with Gasteiger partial charge in [0.25, 0.3) is 0 Å². The molecule has 0 saturated carbocycles. The number of hydrogen-bond acceptors (Lipinski definition) is 4. The molecule has 2 aromatic heterocycles. The third-order valence-corrected chi connectivity index (χ3v) is 6.01. The maximum absolute atomic E-state index is 9.24. The Morgan fingerprint density at radius 2 is 1.69 bits per heavy atom. The molecule has 1 fully saturated rings. The molecule has 0 spiro atoms. The molecule has 0 bridgehead atoms. The number of aromatic nitrogens is 2. The van der Waals surface area contributed by atoms with Crippen LogP contribution in [-0.4, -0.2) is 29.8 Å². The van der Waals surface area contributed by atoms with Gasteiger partial charge < -0.3 is 14.2 Å². The van der Waals surface area contributed by atoms with Crippen molar-refractivity contribution in [1.29, 1.82) is 5.26 Å². The second kappa shape index (κ2) is 7.44. The van der Waals surface area contributed by atoms with E-state index in [1.54, 1.807) is 7.11 Å². The third kappa shape index (κ3) is 3.33. The monoisotopic (exact) mass is 388 g/mol. The second-order valence-corrected chi connectivity index (χ2v) is 8.16. The Morgan fingerprint density at radius 1 is 1.03 bits per heavy atom. The summed E-state index contributed by atoms with van der Waals surface area (Å²) in [5.41, 5.74) is 7.96. The van der Waals surface area contributed by atoms with Gasteiger partial charge in [0.1, 0.15) is 11.4 Å². The Labute approximate surface area is 172 Å². The molecule has 0 aliphatic carbocycles. The van der Waals surface area contributed by atoms with Crippen molar-refractivity contribution in [2.45, 2.75) is 40.5 Å². The van der Waals surface area contributed by atoms with Gasteiger partial charge in [-0.15, -0.1) is 0 Å². The lowest BCUT2D eigenvalue weighted by Crippen LogP contribution is -2.33. The van der Waals surface area contributed by atoms with E-state index in [0.29, 0.717) is 0 Å². The van der Waals surface area contributed by atoms with Crippen molar-refractivity contribution in [2.75, 3.05) is 25.1 Å². The smallest absolute Gasteiger partial charge is 0.147 e. The third-order valence-electron chi connectivity index (χ3n) is 6.01. The normalized spacial score (nSPS) is 15.0. The zero-order chi connectivity index (χ0) is 20.7. The highest BCUT2D eigenvalue weighted by molar-refractivity contribution is 5.95. The van der Waals surface area contributed by atoms with Crippen LogP contribution in [0.5, 0.6) is 5.75 Å². The number of nitriles is 1. The van der Waals surface area contributed by atoms with Gasteiger partial charge >= 0.3 is 0 Å². The van der Waals surface area contributed by atoms with Gasteiger partial charge in [-0.3, -0.25) is 0 Å². The van der Waals surface area contributed by atoms with Crippen molar-refractivity contribution in [3.63, 3.8) is 0 Å². The van der Waals surface area contributed by atoms with E-state index in [1.807, 2.05) is 0 Å². The second-order valence-electron chi connectivity index (χ2n) is 8.16. The van der Waals surface area contributed by atoms with E-state index in [2.05, 4.69) is 67.6 Å². The van der Waals surface area contributed by atoms with E-state index in [9.17, 15) is 5.26 Å². The van der Waals surface area contributed by atoms with Crippen molar-refractivity contribution in [1.82, 2.24) is 9.55 Å². The highest BCUT2D eigenvalue weighted by Gasteiger charge is 2.23. The molecular weight excluding hydrogens is 360 g/mol. The highest BCUT2D eigenvalue weighted by atomic mass is 16.5. The number of ether oxygens (including phenoxy) is 1. The number of hydrogen-bond donors (Lipinski definition) is 0. The van der Waals surface area contributed by atoms with Gasteiger partial charge in [-0.1, -0.05) is 0 Å². The number of benzene rings is 1. The fourth-order valence-corrected chi connectivity index (χ4v) is 4.60. The van der Waals surface area contributed by atoms with Crippen LogP contribution in [0.3, 0.4) is 0 Å². The largest absolute Gasteiger partial charge is 0.497 e. The number of pyridine rings is 1. The van der Waals surface area contributed by atoms with E-state index >= 15 is 0 Å². The molecule has 29 heavy (non-hydrogen) atoms. The van der Waals surface area contributed by atoms with Crippen molar-refractivity contribution < 1.29 is 4.74 Å². The Kier molecular flexibility index (Phi) is 4.96. The number of piperidine rings is 1. The van der Waals surface area contributed by atoms with Crippen LogP contribution >= 0.6 is 0 Å². The first-order chi connectivity index (χ1) is 13.9. The predicted molar refractivity (Wildman–Crippen MR) is 117 cm³/mol. The zero-order valence-corrected chi connectivity index (χ0v) is 17.9. The van der Waals surface area contributed by atoms with E-state index in [4.69, 9.17) is 9.72 Å². The topological polar surface area (TPSA) is 54.1 Å². The molecule has 0 unspecified atom stereocenters. The van der Waals surface area contributed by atoms with Crippen molar-refractivity contribution in [3.8, 4) is 17.5 Å². The molecule has 1 aliphatic heterocycles. The van der Waals surface area contributed by atoms with Gasteiger partial charge in [0.15, 0.2) is 0 Å². The van der Waals surface area contributed by atoms with E-state index in [0.717, 1.165) is 48.7 Å². The molecule has 0 radical (unpaired) electrons. The minimum Gasteiger partial charge on any atom is -0.497 e. The molecule has 1 aromatic carbocycles. The molecule has 0 atom stereocenters. The average molecular weight is 389 g/mol. The molecule has 3 aromatic rings. The summed E-state index contributed by atoms with van der Waals surface area (Å²) >= 11 is 0. The van der Waals surface area contributed by atoms with Gasteiger partial charge in [-0.25, -0.2) is 4.98 Å². The fourth-order valence-electron chi connectivity index (χ4n) is 4.60. The summed E-state index contributed by atoms with van der Waals surface area (Å²) in [7, 11) is 1.70. The summed E-state index contributed by atoms with van der Waals surface area (Å²) in [4.78, 5) is 7.36. The molecule has 150 valence electrons. The van der Waals surface area contributed by atoms with Crippen LogP contribution in [0.2, 0.25) is 0 Å².